The highest BCUT2D eigenvalue weighted by Gasteiger charge is 2.09. The molecule has 1 N–H and O–H groups in total. The summed E-state index contributed by atoms with van der Waals surface area (Å²) in [6, 6.07) is 0. The smallest absolute Gasteiger partial charge is 0.406 e. The predicted octanol–water partition coefficient (Wildman–Crippen LogP) is 1.24. The number of nitrogens with one attached hydrogen (secondary N) is 1. The van der Waals surface area contributed by atoms with Crippen molar-refractivity contribution in [1.29, 1.82) is 0 Å². The van der Waals surface area contributed by atoms with E-state index in [1.165, 1.54) is 7.11 Å². The molecular formula is C11H22N2O3. The van der Waals surface area contributed by atoms with Gasteiger partial charge in [-0.25, -0.2) is 4.79 Å². The van der Waals surface area contributed by atoms with Gasteiger partial charge in [-0.05, 0) is 12.3 Å². The van der Waals surface area contributed by atoms with Crippen molar-refractivity contribution in [1.82, 2.24) is 10.2 Å². The molecule has 16 heavy (non-hydrogen) atoms. The van der Waals surface area contributed by atoms with Crippen LogP contribution in [0.15, 0.2) is 0 Å². The number of hydrogen-bond donors (Lipinski definition) is 1. The third kappa shape index (κ3) is 7.09. The van der Waals surface area contributed by atoms with Crippen molar-refractivity contribution in [2.45, 2.75) is 27.2 Å². The molecule has 0 heterocycles. The Kier molecular flexibility index (Phi) is 7.33. The molecule has 0 atom stereocenters. The van der Waals surface area contributed by atoms with Crippen LogP contribution in [0.2, 0.25) is 0 Å². The highest BCUT2D eigenvalue weighted by atomic mass is 16.5. The first-order valence-corrected chi connectivity index (χ1v) is 5.54. The van der Waals surface area contributed by atoms with E-state index in [-0.39, 0.29) is 5.91 Å². The molecule has 0 aromatic carbocycles. The molecule has 0 saturated carbocycles. The third-order valence-corrected chi connectivity index (χ3v) is 2.26. The molecule has 2 amide bonds. The van der Waals surface area contributed by atoms with Gasteiger partial charge in [0.05, 0.1) is 7.11 Å². The summed E-state index contributed by atoms with van der Waals surface area (Å²) in [4.78, 5) is 23.8. The number of carbonyl (C=O) groups is 2. The maximum absolute atomic E-state index is 11.3. The van der Waals surface area contributed by atoms with Gasteiger partial charge in [0.1, 0.15) is 0 Å². The minimum absolute atomic E-state index is 0.0346. The number of nitrogens with zero attached hydrogens (tertiary/aromatic N) is 1. The summed E-state index contributed by atoms with van der Waals surface area (Å²) in [5, 5.41) is 2.55. The molecule has 0 aliphatic carbocycles. The fourth-order valence-corrected chi connectivity index (χ4v) is 1.21. The second-order valence-electron chi connectivity index (χ2n) is 4.11. The summed E-state index contributed by atoms with van der Waals surface area (Å²) in [7, 11) is 1.32. The van der Waals surface area contributed by atoms with Crippen LogP contribution in [-0.4, -0.2) is 43.6 Å². The summed E-state index contributed by atoms with van der Waals surface area (Å²) in [6.07, 6.45) is 0.505. The summed E-state index contributed by atoms with van der Waals surface area (Å²) < 4.78 is 4.44. The van der Waals surface area contributed by atoms with Crippen LogP contribution < -0.4 is 5.32 Å². The number of carbonyl (C=O) groups excluding carboxylic acids is 2. The van der Waals surface area contributed by atoms with Crippen LogP contribution in [-0.2, 0) is 9.53 Å². The van der Waals surface area contributed by atoms with E-state index in [9.17, 15) is 9.59 Å². The summed E-state index contributed by atoms with van der Waals surface area (Å²) in [5.74, 6) is 0.600. The molecule has 0 rings (SSSR count). The van der Waals surface area contributed by atoms with Gasteiger partial charge in [0, 0.05) is 26.6 Å². The zero-order valence-electron chi connectivity index (χ0n) is 10.6. The van der Waals surface area contributed by atoms with Gasteiger partial charge in [0.25, 0.3) is 0 Å². The molecule has 0 bridgehead atoms. The fourth-order valence-electron chi connectivity index (χ4n) is 1.21. The van der Waals surface area contributed by atoms with Crippen LogP contribution in [0.4, 0.5) is 4.79 Å². The third-order valence-electron chi connectivity index (χ3n) is 2.26. The molecule has 0 aromatic rings. The van der Waals surface area contributed by atoms with Gasteiger partial charge in [-0.3, -0.25) is 4.79 Å². The van der Waals surface area contributed by atoms with Crippen LogP contribution in [0.1, 0.15) is 27.2 Å². The molecule has 5 nitrogen and oxygen atoms in total. The minimum atomic E-state index is -0.465. The largest absolute Gasteiger partial charge is 0.453 e. The Bertz CT molecular complexity index is 229. The highest BCUT2D eigenvalue weighted by molar-refractivity contribution is 5.73. The van der Waals surface area contributed by atoms with E-state index in [1.54, 1.807) is 11.8 Å². The van der Waals surface area contributed by atoms with Crippen LogP contribution in [0, 0.1) is 5.92 Å². The van der Waals surface area contributed by atoms with E-state index >= 15 is 0 Å². The molecule has 0 radical (unpaired) electrons. The monoisotopic (exact) mass is 230 g/mol. The van der Waals surface area contributed by atoms with E-state index in [0.717, 1.165) is 13.0 Å². The van der Waals surface area contributed by atoms with Gasteiger partial charge in [-0.2, -0.15) is 0 Å². The standard InChI is InChI=1S/C11H22N2O3/c1-9(2)5-7-13(10(3)14)8-6-12-11(15)16-4/h9H,5-8H2,1-4H3,(H,12,15). The van der Waals surface area contributed by atoms with Gasteiger partial charge in [0.15, 0.2) is 0 Å². The average Bonchev–Trinajstić information content (AvgIpc) is 2.21. The molecule has 0 fully saturated rings. The highest BCUT2D eigenvalue weighted by Crippen LogP contribution is 2.01. The van der Waals surface area contributed by atoms with Gasteiger partial charge >= 0.3 is 6.09 Å². The molecule has 0 aromatic heterocycles. The Morgan fingerprint density at radius 3 is 2.38 bits per heavy atom. The van der Waals surface area contributed by atoms with Crippen molar-refractivity contribution >= 4 is 12.0 Å². The maximum atomic E-state index is 11.3. The normalized spacial score (nSPS) is 10.1. The van der Waals surface area contributed by atoms with Crippen molar-refractivity contribution in [2.24, 2.45) is 5.92 Å². The number of hydrogen-bond acceptors (Lipinski definition) is 3. The first-order valence-electron chi connectivity index (χ1n) is 5.54. The number of alkyl carbamates (subject to hydrolysis) is 1. The molecule has 0 unspecified atom stereocenters. The quantitative estimate of drug-likeness (QED) is 0.746. The Hall–Kier alpha value is -1.26. The Labute approximate surface area is 97.1 Å². The van der Waals surface area contributed by atoms with E-state index in [4.69, 9.17) is 0 Å². The first-order chi connectivity index (χ1) is 7.47. The number of rotatable bonds is 6. The van der Waals surface area contributed by atoms with Gasteiger partial charge in [-0.15, -0.1) is 0 Å². The van der Waals surface area contributed by atoms with Crippen molar-refractivity contribution in [3.05, 3.63) is 0 Å². The SMILES string of the molecule is COC(=O)NCCN(CCC(C)C)C(C)=O. The van der Waals surface area contributed by atoms with E-state index in [2.05, 4.69) is 23.9 Å². The van der Waals surface area contributed by atoms with Crippen LogP contribution >= 0.6 is 0 Å². The number of ether oxygens (including phenoxy) is 1. The molecular weight excluding hydrogens is 208 g/mol. The van der Waals surface area contributed by atoms with Crippen molar-refractivity contribution < 1.29 is 14.3 Å². The van der Waals surface area contributed by atoms with Crippen LogP contribution in [0.3, 0.4) is 0 Å². The zero-order chi connectivity index (χ0) is 12.6. The topological polar surface area (TPSA) is 58.6 Å². The lowest BCUT2D eigenvalue weighted by Gasteiger charge is -2.21. The average molecular weight is 230 g/mol. The van der Waals surface area contributed by atoms with E-state index in [0.29, 0.717) is 19.0 Å². The van der Waals surface area contributed by atoms with E-state index < -0.39 is 6.09 Å². The van der Waals surface area contributed by atoms with Crippen LogP contribution in [0.5, 0.6) is 0 Å². The molecule has 0 aliphatic rings. The number of methoxy groups -OCH3 is 1. The lowest BCUT2D eigenvalue weighted by molar-refractivity contribution is -0.128. The molecule has 0 spiro atoms. The predicted molar refractivity (Wildman–Crippen MR) is 62.1 cm³/mol. The van der Waals surface area contributed by atoms with Crippen molar-refractivity contribution in [3.63, 3.8) is 0 Å². The van der Waals surface area contributed by atoms with Gasteiger partial charge < -0.3 is 15.0 Å². The minimum Gasteiger partial charge on any atom is -0.453 e. The van der Waals surface area contributed by atoms with Crippen molar-refractivity contribution in [3.8, 4) is 0 Å². The Balaban J connectivity index is 3.85. The molecule has 5 heteroatoms. The molecule has 94 valence electrons. The molecule has 0 saturated heterocycles. The second kappa shape index (κ2) is 7.96. The fraction of sp³-hybridized carbons (Fsp3) is 0.818. The van der Waals surface area contributed by atoms with Crippen LogP contribution in [0.25, 0.3) is 0 Å². The zero-order valence-corrected chi connectivity index (χ0v) is 10.6. The number of amides is 2. The van der Waals surface area contributed by atoms with Crippen molar-refractivity contribution in [2.75, 3.05) is 26.7 Å². The van der Waals surface area contributed by atoms with Gasteiger partial charge in [0.2, 0.25) is 5.91 Å². The Morgan fingerprint density at radius 1 is 1.31 bits per heavy atom. The summed E-state index contributed by atoms with van der Waals surface area (Å²) in [5.41, 5.74) is 0. The first kappa shape index (κ1) is 14.7. The summed E-state index contributed by atoms with van der Waals surface area (Å²) >= 11 is 0. The lowest BCUT2D eigenvalue weighted by Crippen LogP contribution is -2.38. The lowest BCUT2D eigenvalue weighted by atomic mass is 10.1. The van der Waals surface area contributed by atoms with E-state index in [1.807, 2.05) is 0 Å². The Morgan fingerprint density at radius 2 is 1.94 bits per heavy atom. The second-order valence-corrected chi connectivity index (χ2v) is 4.11. The maximum Gasteiger partial charge on any atom is 0.406 e. The van der Waals surface area contributed by atoms with Gasteiger partial charge in [-0.1, -0.05) is 13.8 Å². The summed E-state index contributed by atoms with van der Waals surface area (Å²) in [6.45, 7) is 7.45. The molecule has 0 aliphatic heterocycles.